The van der Waals surface area contributed by atoms with Gasteiger partial charge in [-0.05, 0) is 59.4 Å². The summed E-state index contributed by atoms with van der Waals surface area (Å²) >= 11 is 0. The molecule has 2 aromatic carbocycles. The summed E-state index contributed by atoms with van der Waals surface area (Å²) in [6, 6.07) is 15.7. The third kappa shape index (κ3) is 4.58. The summed E-state index contributed by atoms with van der Waals surface area (Å²) in [4.78, 5) is 22.3. The van der Waals surface area contributed by atoms with Gasteiger partial charge in [-0.3, -0.25) is 4.79 Å². The van der Waals surface area contributed by atoms with Gasteiger partial charge < -0.3 is 14.3 Å². The van der Waals surface area contributed by atoms with Gasteiger partial charge in [0.25, 0.3) is 0 Å². The van der Waals surface area contributed by atoms with Crippen molar-refractivity contribution >= 4 is 18.6 Å². The van der Waals surface area contributed by atoms with Gasteiger partial charge in [0.1, 0.15) is 24.1 Å². The average Bonchev–Trinajstić information content (AvgIpc) is 3.52. The summed E-state index contributed by atoms with van der Waals surface area (Å²) in [6.07, 6.45) is 8.08. The molecule has 2 aromatic rings. The molecular formula is C24H24O4. The van der Waals surface area contributed by atoms with E-state index in [2.05, 4.69) is 6.08 Å². The molecule has 3 atom stereocenters. The Bertz CT molecular complexity index is 862. The van der Waals surface area contributed by atoms with Crippen molar-refractivity contribution in [1.82, 2.24) is 0 Å². The number of methoxy groups -OCH3 is 2. The summed E-state index contributed by atoms with van der Waals surface area (Å²) in [5.74, 6) is 1.88. The average molecular weight is 376 g/mol. The van der Waals surface area contributed by atoms with Crippen LogP contribution in [0.4, 0.5) is 0 Å². The van der Waals surface area contributed by atoms with E-state index in [1.165, 1.54) is 6.08 Å². The molecule has 1 saturated carbocycles. The minimum absolute atomic E-state index is 0.0272. The number of aldehydes is 2. The van der Waals surface area contributed by atoms with Gasteiger partial charge in [0.15, 0.2) is 0 Å². The lowest BCUT2D eigenvalue weighted by atomic mass is 9.84. The molecule has 0 aliphatic heterocycles. The zero-order chi connectivity index (χ0) is 19.9. The van der Waals surface area contributed by atoms with E-state index >= 15 is 0 Å². The maximum Gasteiger partial charge on any atom is 0.142 e. The predicted octanol–water partition coefficient (Wildman–Crippen LogP) is 4.46. The molecule has 0 saturated heterocycles. The molecule has 0 aromatic heterocycles. The van der Waals surface area contributed by atoms with Crippen LogP contribution in [0.1, 0.15) is 23.5 Å². The second kappa shape index (κ2) is 9.18. The maximum absolute atomic E-state index is 11.4. The first-order valence-electron chi connectivity index (χ1n) is 9.27. The lowest BCUT2D eigenvalue weighted by Gasteiger charge is -2.20. The zero-order valence-corrected chi connectivity index (χ0v) is 16.1. The molecule has 144 valence electrons. The third-order valence-corrected chi connectivity index (χ3v) is 5.14. The van der Waals surface area contributed by atoms with Crippen LogP contribution in [0.25, 0.3) is 6.08 Å². The van der Waals surface area contributed by atoms with Gasteiger partial charge in [-0.25, -0.2) is 0 Å². The third-order valence-electron chi connectivity index (χ3n) is 5.14. The van der Waals surface area contributed by atoms with E-state index in [-0.39, 0.29) is 17.8 Å². The monoisotopic (exact) mass is 376 g/mol. The van der Waals surface area contributed by atoms with Crippen LogP contribution in [-0.4, -0.2) is 26.8 Å². The summed E-state index contributed by atoms with van der Waals surface area (Å²) in [5, 5.41) is 0. The van der Waals surface area contributed by atoms with Gasteiger partial charge in [0.2, 0.25) is 0 Å². The Morgan fingerprint density at radius 3 is 2.07 bits per heavy atom. The fraction of sp³-hybridized carbons (Fsp3) is 0.250. The van der Waals surface area contributed by atoms with Crippen LogP contribution in [0.2, 0.25) is 0 Å². The van der Waals surface area contributed by atoms with Crippen LogP contribution in [0.15, 0.2) is 66.3 Å². The number of ether oxygens (including phenoxy) is 2. The summed E-state index contributed by atoms with van der Waals surface area (Å²) in [7, 11) is 3.27. The highest BCUT2D eigenvalue weighted by molar-refractivity contribution is 5.69. The molecular weight excluding hydrogens is 352 g/mol. The van der Waals surface area contributed by atoms with Crippen molar-refractivity contribution in [2.75, 3.05) is 14.2 Å². The van der Waals surface area contributed by atoms with Crippen molar-refractivity contribution in [1.29, 1.82) is 0 Å². The van der Waals surface area contributed by atoms with E-state index in [0.29, 0.717) is 0 Å². The molecule has 0 radical (unpaired) electrons. The van der Waals surface area contributed by atoms with E-state index in [1.807, 2.05) is 54.6 Å². The normalized spacial score (nSPS) is 19.9. The Balaban J connectivity index is 2.02. The molecule has 0 amide bonds. The molecule has 28 heavy (non-hydrogen) atoms. The van der Waals surface area contributed by atoms with Crippen molar-refractivity contribution in [2.45, 2.75) is 12.3 Å². The Morgan fingerprint density at radius 1 is 0.964 bits per heavy atom. The van der Waals surface area contributed by atoms with E-state index in [9.17, 15) is 9.59 Å². The quantitative estimate of drug-likeness (QED) is 0.368. The van der Waals surface area contributed by atoms with Crippen LogP contribution in [0.3, 0.4) is 0 Å². The summed E-state index contributed by atoms with van der Waals surface area (Å²) in [5.41, 5.74) is 3.11. The Kier molecular flexibility index (Phi) is 6.43. The number of rotatable bonds is 9. The van der Waals surface area contributed by atoms with Gasteiger partial charge in [0.05, 0.1) is 14.2 Å². The first-order valence-corrected chi connectivity index (χ1v) is 9.27. The number of hydrogen-bond donors (Lipinski definition) is 0. The largest absolute Gasteiger partial charge is 0.497 e. The molecule has 0 bridgehead atoms. The molecule has 4 heteroatoms. The standard InChI is InChI=1S/C24H24O4/c1-27-21-9-5-17(6-10-21)14-19(4-3-13-25)24(23-15-20(23)16-26)18-7-11-22(28-2)12-8-18/h3-14,16,20,23-24H,15H2,1-2H3/b4-3+,19-14+. The molecule has 0 heterocycles. The van der Waals surface area contributed by atoms with Crippen LogP contribution < -0.4 is 9.47 Å². The smallest absolute Gasteiger partial charge is 0.142 e. The van der Waals surface area contributed by atoms with Crippen molar-refractivity contribution in [3.05, 3.63) is 77.4 Å². The predicted molar refractivity (Wildman–Crippen MR) is 110 cm³/mol. The molecule has 1 fully saturated rings. The van der Waals surface area contributed by atoms with Gasteiger partial charge in [-0.1, -0.05) is 36.4 Å². The van der Waals surface area contributed by atoms with E-state index in [0.717, 1.165) is 47.2 Å². The highest BCUT2D eigenvalue weighted by atomic mass is 16.5. The van der Waals surface area contributed by atoms with Gasteiger partial charge in [-0.15, -0.1) is 0 Å². The SMILES string of the molecule is COc1ccc(/C=C(\C=C\C=O)C(c2ccc(OC)cc2)C2CC2C=O)cc1. The van der Waals surface area contributed by atoms with Gasteiger partial charge in [-0.2, -0.15) is 0 Å². The minimum atomic E-state index is 0.0272. The van der Waals surface area contributed by atoms with Crippen molar-refractivity contribution in [3.8, 4) is 11.5 Å². The lowest BCUT2D eigenvalue weighted by molar-refractivity contribution is -0.109. The Morgan fingerprint density at radius 2 is 1.57 bits per heavy atom. The topological polar surface area (TPSA) is 52.6 Å². The van der Waals surface area contributed by atoms with Crippen molar-refractivity contribution in [2.24, 2.45) is 11.8 Å². The Labute approximate surface area is 165 Å². The first kappa shape index (κ1) is 19.6. The number of hydrogen-bond acceptors (Lipinski definition) is 4. The van der Waals surface area contributed by atoms with Crippen molar-refractivity contribution in [3.63, 3.8) is 0 Å². The van der Waals surface area contributed by atoms with Crippen LogP contribution in [-0.2, 0) is 9.59 Å². The summed E-state index contributed by atoms with van der Waals surface area (Å²) in [6.45, 7) is 0. The maximum atomic E-state index is 11.4. The van der Waals surface area contributed by atoms with E-state index in [1.54, 1.807) is 14.2 Å². The molecule has 3 unspecified atom stereocenters. The second-order valence-electron chi connectivity index (χ2n) is 6.86. The molecule has 0 N–H and O–H groups in total. The summed E-state index contributed by atoms with van der Waals surface area (Å²) < 4.78 is 10.5. The van der Waals surface area contributed by atoms with Gasteiger partial charge >= 0.3 is 0 Å². The molecule has 3 rings (SSSR count). The molecule has 1 aliphatic rings. The lowest BCUT2D eigenvalue weighted by Crippen LogP contribution is -2.06. The number of carbonyl (C=O) groups excluding carboxylic acids is 2. The number of benzene rings is 2. The van der Waals surface area contributed by atoms with Crippen LogP contribution in [0.5, 0.6) is 11.5 Å². The highest BCUT2D eigenvalue weighted by Gasteiger charge is 2.44. The number of allylic oxidation sites excluding steroid dienone is 3. The zero-order valence-electron chi connectivity index (χ0n) is 16.1. The van der Waals surface area contributed by atoms with Crippen LogP contribution in [0, 0.1) is 11.8 Å². The fourth-order valence-electron chi connectivity index (χ4n) is 3.56. The van der Waals surface area contributed by atoms with Crippen molar-refractivity contribution < 1.29 is 19.1 Å². The minimum Gasteiger partial charge on any atom is -0.497 e. The highest BCUT2D eigenvalue weighted by Crippen LogP contribution is 2.51. The fourth-order valence-corrected chi connectivity index (χ4v) is 3.56. The van der Waals surface area contributed by atoms with E-state index < -0.39 is 0 Å². The molecule has 1 aliphatic carbocycles. The van der Waals surface area contributed by atoms with Gasteiger partial charge in [0, 0.05) is 11.8 Å². The molecule has 4 nitrogen and oxygen atoms in total. The molecule has 0 spiro atoms. The van der Waals surface area contributed by atoms with E-state index in [4.69, 9.17) is 9.47 Å². The number of carbonyl (C=O) groups is 2. The second-order valence-corrected chi connectivity index (χ2v) is 6.86. The van der Waals surface area contributed by atoms with Crippen LogP contribution >= 0.6 is 0 Å². The Hall–Kier alpha value is -3.14. The first-order chi connectivity index (χ1) is 13.7.